The minimum atomic E-state index is -3.77. The van der Waals surface area contributed by atoms with Gasteiger partial charge in [0.15, 0.2) is 0 Å². The van der Waals surface area contributed by atoms with E-state index in [-0.39, 0.29) is 9.23 Å². The molecule has 0 amide bonds. The van der Waals surface area contributed by atoms with E-state index in [1.165, 1.54) is 6.07 Å². The maximum atomic E-state index is 12.2. The van der Waals surface area contributed by atoms with E-state index in [1.807, 2.05) is 0 Å². The molecule has 0 radical (unpaired) electrons. The van der Waals surface area contributed by atoms with E-state index in [1.54, 1.807) is 24.3 Å². The molecule has 9 heteroatoms. The molecule has 1 heterocycles. The number of nitrogens with two attached hydrogens (primary N) is 1. The standard InChI is InChI=1S/C12H10Cl2N2O2S3/c13-10-6-9(12(14)20-10)21(17,18)16-8-3-1-7(2-4-8)5-11(15)19/h1-4,6,16H,5H2,(H2,15,19). The van der Waals surface area contributed by atoms with Crippen molar-refractivity contribution < 1.29 is 8.42 Å². The van der Waals surface area contributed by atoms with Gasteiger partial charge in [-0.05, 0) is 23.8 Å². The maximum Gasteiger partial charge on any atom is 0.264 e. The summed E-state index contributed by atoms with van der Waals surface area (Å²) in [5.74, 6) is 0. The van der Waals surface area contributed by atoms with Crippen LogP contribution >= 0.6 is 46.8 Å². The summed E-state index contributed by atoms with van der Waals surface area (Å²) >= 11 is 17.4. The van der Waals surface area contributed by atoms with Crippen LogP contribution in [-0.4, -0.2) is 13.4 Å². The van der Waals surface area contributed by atoms with Crippen molar-refractivity contribution in [1.82, 2.24) is 0 Å². The van der Waals surface area contributed by atoms with E-state index < -0.39 is 10.0 Å². The van der Waals surface area contributed by atoms with Gasteiger partial charge in [0, 0.05) is 12.1 Å². The van der Waals surface area contributed by atoms with Crippen LogP contribution in [0.15, 0.2) is 35.2 Å². The molecule has 0 fully saturated rings. The lowest BCUT2D eigenvalue weighted by Crippen LogP contribution is -2.13. The van der Waals surface area contributed by atoms with Gasteiger partial charge in [-0.25, -0.2) is 8.42 Å². The van der Waals surface area contributed by atoms with Crippen LogP contribution in [0.1, 0.15) is 5.56 Å². The van der Waals surface area contributed by atoms with Crippen molar-refractivity contribution in [3.8, 4) is 0 Å². The highest BCUT2D eigenvalue weighted by molar-refractivity contribution is 7.93. The van der Waals surface area contributed by atoms with Crippen molar-refractivity contribution in [2.45, 2.75) is 11.3 Å². The first-order valence-electron chi connectivity index (χ1n) is 5.63. The van der Waals surface area contributed by atoms with Crippen LogP contribution in [0.4, 0.5) is 5.69 Å². The van der Waals surface area contributed by atoms with Gasteiger partial charge in [0.25, 0.3) is 10.0 Å². The number of halogens is 2. The molecular formula is C12H10Cl2N2O2S3. The summed E-state index contributed by atoms with van der Waals surface area (Å²) in [6.45, 7) is 0. The Balaban J connectivity index is 2.21. The summed E-state index contributed by atoms with van der Waals surface area (Å²) in [7, 11) is -3.77. The van der Waals surface area contributed by atoms with E-state index in [0.29, 0.717) is 21.4 Å². The molecule has 2 rings (SSSR count). The van der Waals surface area contributed by atoms with Crippen molar-refractivity contribution in [1.29, 1.82) is 0 Å². The highest BCUT2D eigenvalue weighted by atomic mass is 35.5. The Kier molecular flexibility index (Phi) is 5.11. The van der Waals surface area contributed by atoms with E-state index >= 15 is 0 Å². The second kappa shape index (κ2) is 6.50. The third kappa shape index (κ3) is 4.31. The molecule has 112 valence electrons. The van der Waals surface area contributed by atoms with Gasteiger partial charge in [-0.3, -0.25) is 4.72 Å². The Morgan fingerprint density at radius 3 is 2.38 bits per heavy atom. The molecule has 0 aliphatic rings. The normalized spacial score (nSPS) is 11.3. The van der Waals surface area contributed by atoms with E-state index in [0.717, 1.165) is 16.9 Å². The summed E-state index contributed by atoms with van der Waals surface area (Å²) in [5.41, 5.74) is 6.77. The molecule has 0 aliphatic carbocycles. The molecule has 0 bridgehead atoms. The summed E-state index contributed by atoms with van der Waals surface area (Å²) in [4.78, 5) is 0.342. The number of nitrogens with one attached hydrogen (secondary N) is 1. The molecule has 0 spiro atoms. The number of thiocarbonyl (C=S) groups is 1. The highest BCUT2D eigenvalue weighted by Gasteiger charge is 2.21. The monoisotopic (exact) mass is 380 g/mol. The van der Waals surface area contributed by atoms with Gasteiger partial charge >= 0.3 is 0 Å². The van der Waals surface area contributed by atoms with E-state index in [2.05, 4.69) is 4.72 Å². The molecule has 4 nitrogen and oxygen atoms in total. The van der Waals surface area contributed by atoms with Crippen molar-refractivity contribution in [2.75, 3.05) is 4.72 Å². The molecule has 0 unspecified atom stereocenters. The zero-order chi connectivity index (χ0) is 15.6. The molecular weight excluding hydrogens is 371 g/mol. The van der Waals surface area contributed by atoms with Crippen LogP contribution in [0.25, 0.3) is 0 Å². The maximum absolute atomic E-state index is 12.2. The largest absolute Gasteiger partial charge is 0.393 e. The van der Waals surface area contributed by atoms with Gasteiger partial charge in [-0.2, -0.15) is 0 Å². The molecule has 21 heavy (non-hydrogen) atoms. The van der Waals surface area contributed by atoms with E-state index in [9.17, 15) is 8.42 Å². The summed E-state index contributed by atoms with van der Waals surface area (Å²) in [6.07, 6.45) is 0.467. The third-order valence-corrected chi connectivity index (χ3v) is 5.78. The highest BCUT2D eigenvalue weighted by Crippen LogP contribution is 2.35. The van der Waals surface area contributed by atoms with Crippen LogP contribution < -0.4 is 10.5 Å². The summed E-state index contributed by atoms with van der Waals surface area (Å²) in [6, 6.07) is 8.08. The number of sulfonamides is 1. The Bertz CT molecular complexity index is 770. The summed E-state index contributed by atoms with van der Waals surface area (Å²) in [5, 5.41) is 0. The molecule has 0 saturated heterocycles. The van der Waals surface area contributed by atoms with Gasteiger partial charge < -0.3 is 5.73 Å². The van der Waals surface area contributed by atoms with E-state index in [4.69, 9.17) is 41.2 Å². The number of anilines is 1. The molecule has 1 aromatic heterocycles. The first kappa shape index (κ1) is 16.5. The number of thiophene rings is 1. The van der Waals surface area contributed by atoms with Crippen molar-refractivity contribution in [3.05, 3.63) is 44.6 Å². The molecule has 0 atom stereocenters. The Labute approximate surface area is 141 Å². The minimum Gasteiger partial charge on any atom is -0.393 e. The lowest BCUT2D eigenvalue weighted by atomic mass is 10.1. The van der Waals surface area contributed by atoms with Crippen molar-refractivity contribution >= 4 is 67.5 Å². The van der Waals surface area contributed by atoms with Crippen LogP contribution in [0.5, 0.6) is 0 Å². The molecule has 0 aliphatic heterocycles. The fourth-order valence-corrected chi connectivity index (χ4v) is 4.99. The van der Waals surface area contributed by atoms with Gasteiger partial charge in [0.2, 0.25) is 0 Å². The second-order valence-corrected chi connectivity index (χ2v) is 8.59. The fraction of sp³-hybridized carbons (Fsp3) is 0.0833. The van der Waals surface area contributed by atoms with Gasteiger partial charge in [-0.1, -0.05) is 47.6 Å². The quantitative estimate of drug-likeness (QED) is 0.775. The van der Waals surface area contributed by atoms with Crippen molar-refractivity contribution in [3.63, 3.8) is 0 Å². The van der Waals surface area contributed by atoms with Gasteiger partial charge in [-0.15, -0.1) is 11.3 Å². The number of hydrogen-bond acceptors (Lipinski definition) is 4. The second-order valence-electron chi connectivity index (χ2n) is 4.13. The van der Waals surface area contributed by atoms with Crippen LogP contribution in [0.2, 0.25) is 8.67 Å². The van der Waals surface area contributed by atoms with Crippen LogP contribution in [-0.2, 0) is 16.4 Å². The van der Waals surface area contributed by atoms with Crippen LogP contribution in [0, 0.1) is 0 Å². The molecule has 1 aromatic carbocycles. The predicted molar refractivity (Wildman–Crippen MR) is 92.1 cm³/mol. The molecule has 0 saturated carbocycles. The SMILES string of the molecule is NC(=S)Cc1ccc(NS(=O)(=O)c2cc(Cl)sc2Cl)cc1. The number of rotatable bonds is 5. The Hall–Kier alpha value is -0.860. The lowest BCUT2D eigenvalue weighted by molar-refractivity contribution is 0.601. The van der Waals surface area contributed by atoms with Crippen LogP contribution in [0.3, 0.4) is 0 Å². The Morgan fingerprint density at radius 1 is 1.29 bits per heavy atom. The molecule has 2 aromatic rings. The van der Waals surface area contributed by atoms with Gasteiger partial charge in [0.05, 0.1) is 9.32 Å². The lowest BCUT2D eigenvalue weighted by Gasteiger charge is -2.08. The number of hydrogen-bond donors (Lipinski definition) is 2. The first-order valence-corrected chi connectivity index (χ1v) is 9.09. The predicted octanol–water partition coefficient (Wildman–Crippen LogP) is 3.68. The third-order valence-electron chi connectivity index (χ3n) is 2.50. The first-order chi connectivity index (χ1) is 9.78. The topological polar surface area (TPSA) is 72.2 Å². The average Bonchev–Trinajstić information content (AvgIpc) is 2.71. The minimum absolute atomic E-state index is 0.0358. The Morgan fingerprint density at radius 2 is 1.90 bits per heavy atom. The average molecular weight is 381 g/mol. The smallest absolute Gasteiger partial charge is 0.264 e. The molecule has 3 N–H and O–H groups in total. The zero-order valence-electron chi connectivity index (χ0n) is 10.5. The fourth-order valence-electron chi connectivity index (χ4n) is 1.61. The van der Waals surface area contributed by atoms with Gasteiger partial charge in [0.1, 0.15) is 9.23 Å². The number of benzene rings is 1. The summed E-state index contributed by atoms with van der Waals surface area (Å²) < 4.78 is 27.3. The van der Waals surface area contributed by atoms with Crippen molar-refractivity contribution in [2.24, 2.45) is 5.73 Å². The zero-order valence-corrected chi connectivity index (χ0v) is 14.4.